The van der Waals surface area contributed by atoms with Gasteiger partial charge in [-0.05, 0) is 49.7 Å². The van der Waals surface area contributed by atoms with Crippen LogP contribution in [0, 0.1) is 25.7 Å². The molecule has 1 aromatic rings. The molecule has 0 radical (unpaired) electrons. The van der Waals surface area contributed by atoms with Gasteiger partial charge in [0.1, 0.15) is 0 Å². The van der Waals surface area contributed by atoms with Crippen LogP contribution in [0.4, 0.5) is 0 Å². The zero-order valence-electron chi connectivity index (χ0n) is 12.3. The van der Waals surface area contributed by atoms with Crippen LogP contribution in [0.25, 0.3) is 0 Å². The molecule has 0 bridgehead atoms. The summed E-state index contributed by atoms with van der Waals surface area (Å²) in [4.78, 5) is 0. The molecule has 3 atom stereocenters. The monoisotopic (exact) mass is 245 g/mol. The van der Waals surface area contributed by atoms with Gasteiger partial charge >= 0.3 is 0 Å². The van der Waals surface area contributed by atoms with Crippen LogP contribution in [-0.2, 0) is 6.54 Å². The SMILES string of the molecule is CCC1CCC(NCc2cc(C)ccc2C)C1C. The molecule has 18 heavy (non-hydrogen) atoms. The molecule has 1 fully saturated rings. The van der Waals surface area contributed by atoms with Gasteiger partial charge < -0.3 is 5.32 Å². The van der Waals surface area contributed by atoms with E-state index >= 15 is 0 Å². The molecule has 3 unspecified atom stereocenters. The molecular weight excluding hydrogens is 218 g/mol. The van der Waals surface area contributed by atoms with E-state index < -0.39 is 0 Å². The van der Waals surface area contributed by atoms with Gasteiger partial charge in [-0.25, -0.2) is 0 Å². The molecule has 0 spiro atoms. The lowest BCUT2D eigenvalue weighted by Crippen LogP contribution is -2.32. The number of hydrogen-bond acceptors (Lipinski definition) is 1. The van der Waals surface area contributed by atoms with E-state index in [2.05, 4.69) is 51.2 Å². The Morgan fingerprint density at radius 1 is 1.22 bits per heavy atom. The van der Waals surface area contributed by atoms with E-state index in [1.165, 1.54) is 36.0 Å². The van der Waals surface area contributed by atoms with Crippen LogP contribution >= 0.6 is 0 Å². The molecule has 1 saturated carbocycles. The largest absolute Gasteiger partial charge is 0.310 e. The first-order chi connectivity index (χ1) is 8.61. The highest BCUT2D eigenvalue weighted by Crippen LogP contribution is 2.34. The highest BCUT2D eigenvalue weighted by atomic mass is 14.9. The Balaban J connectivity index is 1.94. The van der Waals surface area contributed by atoms with E-state index in [0.29, 0.717) is 0 Å². The van der Waals surface area contributed by atoms with E-state index in [0.717, 1.165) is 24.4 Å². The molecule has 1 heteroatoms. The molecule has 0 amide bonds. The van der Waals surface area contributed by atoms with Crippen LogP contribution < -0.4 is 5.32 Å². The molecule has 1 nitrogen and oxygen atoms in total. The Labute approximate surface area is 112 Å². The average Bonchev–Trinajstić information content (AvgIpc) is 2.71. The maximum Gasteiger partial charge on any atom is 0.0210 e. The molecule has 1 aliphatic rings. The molecule has 1 N–H and O–H groups in total. The van der Waals surface area contributed by atoms with Crippen molar-refractivity contribution in [3.63, 3.8) is 0 Å². The third-order valence-corrected chi connectivity index (χ3v) is 4.81. The number of hydrogen-bond donors (Lipinski definition) is 1. The van der Waals surface area contributed by atoms with Gasteiger partial charge in [-0.1, -0.05) is 44.0 Å². The predicted molar refractivity (Wildman–Crippen MR) is 78.7 cm³/mol. The molecule has 1 aromatic carbocycles. The van der Waals surface area contributed by atoms with Gasteiger partial charge in [0.05, 0.1) is 0 Å². The molecule has 0 saturated heterocycles. The fourth-order valence-corrected chi connectivity index (χ4v) is 3.34. The zero-order chi connectivity index (χ0) is 13.1. The van der Waals surface area contributed by atoms with Crippen LogP contribution in [0.3, 0.4) is 0 Å². The Morgan fingerprint density at radius 3 is 2.67 bits per heavy atom. The summed E-state index contributed by atoms with van der Waals surface area (Å²) in [7, 11) is 0. The summed E-state index contributed by atoms with van der Waals surface area (Å²) in [6.07, 6.45) is 4.09. The van der Waals surface area contributed by atoms with Gasteiger partial charge in [0, 0.05) is 12.6 Å². The highest BCUT2D eigenvalue weighted by molar-refractivity contribution is 5.30. The molecule has 2 rings (SSSR count). The predicted octanol–water partition coefficient (Wildman–Crippen LogP) is 4.22. The van der Waals surface area contributed by atoms with E-state index in [1.54, 1.807) is 0 Å². The van der Waals surface area contributed by atoms with Crippen molar-refractivity contribution in [1.82, 2.24) is 5.32 Å². The Bertz CT molecular complexity index is 397. The molecular formula is C17H27N. The first-order valence-corrected chi connectivity index (χ1v) is 7.41. The third-order valence-electron chi connectivity index (χ3n) is 4.81. The maximum absolute atomic E-state index is 3.78. The van der Waals surface area contributed by atoms with Crippen LogP contribution in [0.2, 0.25) is 0 Å². The van der Waals surface area contributed by atoms with Crippen molar-refractivity contribution in [1.29, 1.82) is 0 Å². The minimum Gasteiger partial charge on any atom is -0.310 e. The Kier molecular flexibility index (Phi) is 4.45. The van der Waals surface area contributed by atoms with Crippen molar-refractivity contribution < 1.29 is 0 Å². The molecule has 0 aliphatic heterocycles. The smallest absolute Gasteiger partial charge is 0.0210 e. The lowest BCUT2D eigenvalue weighted by Gasteiger charge is -2.21. The number of nitrogens with one attached hydrogen (secondary N) is 1. The molecule has 100 valence electrons. The number of benzene rings is 1. The van der Waals surface area contributed by atoms with Crippen molar-refractivity contribution in [2.24, 2.45) is 11.8 Å². The molecule has 0 heterocycles. The van der Waals surface area contributed by atoms with Gasteiger partial charge in [0.2, 0.25) is 0 Å². The van der Waals surface area contributed by atoms with Crippen molar-refractivity contribution in [2.75, 3.05) is 0 Å². The number of rotatable bonds is 4. The second-order valence-electron chi connectivity index (χ2n) is 6.02. The van der Waals surface area contributed by atoms with Crippen molar-refractivity contribution >= 4 is 0 Å². The normalized spacial score (nSPS) is 27.7. The summed E-state index contributed by atoms with van der Waals surface area (Å²) in [6, 6.07) is 7.47. The van der Waals surface area contributed by atoms with Crippen LogP contribution in [0.5, 0.6) is 0 Å². The van der Waals surface area contributed by atoms with E-state index in [4.69, 9.17) is 0 Å². The van der Waals surface area contributed by atoms with Gasteiger partial charge in [0.25, 0.3) is 0 Å². The van der Waals surface area contributed by atoms with Crippen LogP contribution in [0.1, 0.15) is 49.8 Å². The maximum atomic E-state index is 3.78. The Hall–Kier alpha value is -0.820. The third kappa shape index (κ3) is 2.95. The second-order valence-corrected chi connectivity index (χ2v) is 6.02. The quantitative estimate of drug-likeness (QED) is 0.837. The lowest BCUT2D eigenvalue weighted by molar-refractivity contribution is 0.344. The van der Waals surface area contributed by atoms with Crippen LogP contribution in [0.15, 0.2) is 18.2 Å². The Morgan fingerprint density at radius 2 is 2.00 bits per heavy atom. The van der Waals surface area contributed by atoms with Gasteiger partial charge in [0.15, 0.2) is 0 Å². The lowest BCUT2D eigenvalue weighted by atomic mass is 9.93. The van der Waals surface area contributed by atoms with E-state index in [9.17, 15) is 0 Å². The first kappa shape index (κ1) is 13.6. The minimum absolute atomic E-state index is 0.717. The van der Waals surface area contributed by atoms with E-state index in [1.807, 2.05) is 0 Å². The standard InChI is InChI=1S/C17H27N/c1-5-15-8-9-17(14(15)4)18-11-16-10-12(2)6-7-13(16)3/h6-7,10,14-15,17-18H,5,8-9,11H2,1-4H3. The van der Waals surface area contributed by atoms with E-state index in [-0.39, 0.29) is 0 Å². The summed E-state index contributed by atoms with van der Waals surface area (Å²) in [5.41, 5.74) is 4.23. The highest BCUT2D eigenvalue weighted by Gasteiger charge is 2.30. The van der Waals surface area contributed by atoms with Crippen molar-refractivity contribution in [3.05, 3.63) is 34.9 Å². The van der Waals surface area contributed by atoms with Gasteiger partial charge in [-0.2, -0.15) is 0 Å². The minimum atomic E-state index is 0.717. The fourth-order valence-electron chi connectivity index (χ4n) is 3.34. The summed E-state index contributed by atoms with van der Waals surface area (Å²) in [5, 5.41) is 3.78. The zero-order valence-corrected chi connectivity index (χ0v) is 12.3. The van der Waals surface area contributed by atoms with Gasteiger partial charge in [-0.15, -0.1) is 0 Å². The second kappa shape index (κ2) is 5.88. The molecule has 0 aromatic heterocycles. The average molecular weight is 245 g/mol. The number of aryl methyl sites for hydroxylation is 2. The summed E-state index contributed by atoms with van der Waals surface area (Å²) in [6.45, 7) is 10.2. The van der Waals surface area contributed by atoms with Gasteiger partial charge in [-0.3, -0.25) is 0 Å². The van der Waals surface area contributed by atoms with Crippen molar-refractivity contribution in [3.8, 4) is 0 Å². The topological polar surface area (TPSA) is 12.0 Å². The summed E-state index contributed by atoms with van der Waals surface area (Å²) in [5.74, 6) is 1.77. The van der Waals surface area contributed by atoms with Crippen LogP contribution in [-0.4, -0.2) is 6.04 Å². The first-order valence-electron chi connectivity index (χ1n) is 7.41. The van der Waals surface area contributed by atoms with Crippen molar-refractivity contribution in [2.45, 2.75) is 59.5 Å². The summed E-state index contributed by atoms with van der Waals surface area (Å²) >= 11 is 0. The fraction of sp³-hybridized carbons (Fsp3) is 0.647. The molecule has 1 aliphatic carbocycles. The summed E-state index contributed by atoms with van der Waals surface area (Å²) < 4.78 is 0.